The fourth-order valence-electron chi connectivity index (χ4n) is 1.74. The van der Waals surface area contributed by atoms with E-state index in [1.807, 2.05) is 12.1 Å². The fourth-order valence-corrected chi connectivity index (χ4v) is 1.74. The van der Waals surface area contributed by atoms with Crippen molar-refractivity contribution in [1.29, 1.82) is 0 Å². The van der Waals surface area contributed by atoms with Crippen molar-refractivity contribution >= 4 is 17.3 Å². The largest absolute Gasteiger partial charge is 0.385 e. The first-order valence-electron chi connectivity index (χ1n) is 4.90. The highest BCUT2D eigenvalue weighted by Gasteiger charge is 2.08. The van der Waals surface area contributed by atoms with E-state index in [4.69, 9.17) is 0 Å². The third-order valence-corrected chi connectivity index (χ3v) is 2.37. The molecule has 3 nitrogen and oxygen atoms in total. The molecular formula is C11H14N2O. The molecule has 1 aromatic carbocycles. The Balaban J connectivity index is 2.24. The summed E-state index contributed by atoms with van der Waals surface area (Å²) >= 11 is 0. The van der Waals surface area contributed by atoms with Crippen molar-refractivity contribution in [2.45, 2.75) is 19.8 Å². The van der Waals surface area contributed by atoms with Gasteiger partial charge >= 0.3 is 0 Å². The number of anilines is 2. The smallest absolute Gasteiger partial charge is 0.221 e. The molecule has 1 heterocycles. The quantitative estimate of drug-likeness (QED) is 0.711. The van der Waals surface area contributed by atoms with Crippen LogP contribution in [0.2, 0.25) is 0 Å². The predicted octanol–water partition coefficient (Wildman–Crippen LogP) is 2.00. The Kier molecular flexibility index (Phi) is 2.39. The molecule has 0 radical (unpaired) electrons. The Bertz CT molecular complexity index is 360. The van der Waals surface area contributed by atoms with Crippen molar-refractivity contribution in [3.63, 3.8) is 0 Å². The van der Waals surface area contributed by atoms with Crippen LogP contribution in [0.1, 0.15) is 18.9 Å². The third-order valence-electron chi connectivity index (χ3n) is 2.37. The van der Waals surface area contributed by atoms with E-state index >= 15 is 0 Å². The lowest BCUT2D eigenvalue weighted by molar-refractivity contribution is -0.114. The van der Waals surface area contributed by atoms with E-state index in [1.165, 1.54) is 18.9 Å². The van der Waals surface area contributed by atoms with Crippen molar-refractivity contribution < 1.29 is 4.79 Å². The number of rotatable bonds is 1. The Labute approximate surface area is 83.5 Å². The SMILES string of the molecule is CC(=O)Nc1ccc2c(c1)NCCC2. The number of nitrogens with one attached hydrogen (secondary N) is 2. The second-order valence-corrected chi connectivity index (χ2v) is 3.58. The normalized spacial score (nSPS) is 14.1. The maximum Gasteiger partial charge on any atom is 0.221 e. The number of aryl methyl sites for hydroxylation is 1. The molecule has 3 heteroatoms. The van der Waals surface area contributed by atoms with Crippen LogP contribution in [0.4, 0.5) is 11.4 Å². The summed E-state index contributed by atoms with van der Waals surface area (Å²) in [6.07, 6.45) is 2.31. The van der Waals surface area contributed by atoms with Gasteiger partial charge in [-0.1, -0.05) is 6.07 Å². The van der Waals surface area contributed by atoms with Crippen molar-refractivity contribution in [1.82, 2.24) is 0 Å². The summed E-state index contributed by atoms with van der Waals surface area (Å²) < 4.78 is 0. The number of hydrogen-bond donors (Lipinski definition) is 2. The molecule has 14 heavy (non-hydrogen) atoms. The van der Waals surface area contributed by atoms with Crippen LogP contribution in [0, 0.1) is 0 Å². The summed E-state index contributed by atoms with van der Waals surface area (Å²) in [5, 5.41) is 6.10. The monoisotopic (exact) mass is 190 g/mol. The maximum atomic E-state index is 10.8. The second kappa shape index (κ2) is 3.70. The van der Waals surface area contributed by atoms with E-state index in [1.54, 1.807) is 0 Å². The van der Waals surface area contributed by atoms with Gasteiger partial charge in [-0.05, 0) is 30.5 Å². The lowest BCUT2D eigenvalue weighted by Crippen LogP contribution is -2.12. The van der Waals surface area contributed by atoms with E-state index in [9.17, 15) is 4.79 Å². The summed E-state index contributed by atoms with van der Waals surface area (Å²) in [6, 6.07) is 6.02. The van der Waals surface area contributed by atoms with Crippen LogP contribution in [0.5, 0.6) is 0 Å². The minimum Gasteiger partial charge on any atom is -0.385 e. The van der Waals surface area contributed by atoms with Crippen LogP contribution in [0.3, 0.4) is 0 Å². The molecule has 0 fully saturated rings. The minimum atomic E-state index is -0.0271. The summed E-state index contributed by atoms with van der Waals surface area (Å²) in [5.41, 5.74) is 3.36. The number of fused-ring (bicyclic) bond motifs is 1. The van der Waals surface area contributed by atoms with Crippen LogP contribution >= 0.6 is 0 Å². The molecule has 0 aromatic heterocycles. The van der Waals surface area contributed by atoms with E-state index in [-0.39, 0.29) is 5.91 Å². The number of hydrogen-bond acceptors (Lipinski definition) is 2. The lowest BCUT2D eigenvalue weighted by Gasteiger charge is -2.18. The number of amides is 1. The summed E-state index contributed by atoms with van der Waals surface area (Å²) in [5.74, 6) is -0.0271. The van der Waals surface area contributed by atoms with Crippen molar-refractivity contribution in [2.24, 2.45) is 0 Å². The van der Waals surface area contributed by atoms with Crippen molar-refractivity contribution in [2.75, 3.05) is 17.2 Å². The first-order valence-corrected chi connectivity index (χ1v) is 4.90. The Morgan fingerprint density at radius 3 is 3.14 bits per heavy atom. The highest BCUT2D eigenvalue weighted by molar-refractivity contribution is 5.89. The molecule has 2 N–H and O–H groups in total. The fraction of sp³-hybridized carbons (Fsp3) is 0.364. The molecule has 1 aliphatic rings. The molecule has 74 valence electrons. The molecule has 0 atom stereocenters. The standard InChI is InChI=1S/C11H14N2O/c1-8(14)13-10-5-4-9-3-2-6-12-11(9)7-10/h4-5,7,12H,2-3,6H2,1H3,(H,13,14). The first kappa shape index (κ1) is 9.06. The van der Waals surface area contributed by atoms with Gasteiger partial charge in [0.1, 0.15) is 0 Å². The molecule has 0 spiro atoms. The van der Waals surface area contributed by atoms with E-state index < -0.39 is 0 Å². The van der Waals surface area contributed by atoms with Gasteiger partial charge in [-0.25, -0.2) is 0 Å². The van der Waals surface area contributed by atoms with Crippen LogP contribution in [-0.4, -0.2) is 12.5 Å². The Morgan fingerprint density at radius 1 is 1.50 bits per heavy atom. The molecule has 1 amide bonds. The molecule has 0 bridgehead atoms. The number of carbonyl (C=O) groups excluding carboxylic acids is 1. The molecule has 0 saturated carbocycles. The van der Waals surface area contributed by atoms with E-state index in [0.29, 0.717) is 0 Å². The second-order valence-electron chi connectivity index (χ2n) is 3.58. The van der Waals surface area contributed by atoms with Crippen LogP contribution < -0.4 is 10.6 Å². The molecule has 0 aliphatic carbocycles. The summed E-state index contributed by atoms with van der Waals surface area (Å²) in [4.78, 5) is 10.8. The van der Waals surface area contributed by atoms with Gasteiger partial charge in [0, 0.05) is 24.8 Å². The lowest BCUT2D eigenvalue weighted by atomic mass is 10.0. The molecular weight excluding hydrogens is 176 g/mol. The van der Waals surface area contributed by atoms with Crippen molar-refractivity contribution in [3.8, 4) is 0 Å². The Hall–Kier alpha value is -1.51. The van der Waals surface area contributed by atoms with Gasteiger partial charge in [-0.3, -0.25) is 4.79 Å². The highest BCUT2D eigenvalue weighted by atomic mass is 16.1. The van der Waals surface area contributed by atoms with Gasteiger partial charge in [0.25, 0.3) is 0 Å². The van der Waals surface area contributed by atoms with Gasteiger partial charge in [0.2, 0.25) is 5.91 Å². The molecule has 1 aliphatic heterocycles. The molecule has 0 unspecified atom stereocenters. The first-order chi connectivity index (χ1) is 6.75. The van der Waals surface area contributed by atoms with Gasteiger partial charge < -0.3 is 10.6 Å². The van der Waals surface area contributed by atoms with Crippen molar-refractivity contribution in [3.05, 3.63) is 23.8 Å². The average Bonchev–Trinajstić information content (AvgIpc) is 2.17. The zero-order valence-corrected chi connectivity index (χ0v) is 8.26. The number of benzene rings is 1. The summed E-state index contributed by atoms with van der Waals surface area (Å²) in [7, 11) is 0. The zero-order chi connectivity index (χ0) is 9.97. The topological polar surface area (TPSA) is 41.1 Å². The molecule has 0 saturated heterocycles. The van der Waals surface area contributed by atoms with Crippen LogP contribution in [0.15, 0.2) is 18.2 Å². The Morgan fingerprint density at radius 2 is 2.36 bits per heavy atom. The average molecular weight is 190 g/mol. The molecule has 1 aromatic rings. The third kappa shape index (κ3) is 1.87. The van der Waals surface area contributed by atoms with Gasteiger partial charge in [-0.2, -0.15) is 0 Å². The van der Waals surface area contributed by atoms with Crippen LogP contribution in [-0.2, 0) is 11.2 Å². The van der Waals surface area contributed by atoms with E-state index in [0.717, 1.165) is 24.3 Å². The highest BCUT2D eigenvalue weighted by Crippen LogP contribution is 2.25. The molecule has 2 rings (SSSR count). The summed E-state index contributed by atoms with van der Waals surface area (Å²) in [6.45, 7) is 2.55. The predicted molar refractivity (Wildman–Crippen MR) is 57.6 cm³/mol. The number of carbonyl (C=O) groups is 1. The maximum absolute atomic E-state index is 10.8. The van der Waals surface area contributed by atoms with Gasteiger partial charge in [-0.15, -0.1) is 0 Å². The zero-order valence-electron chi connectivity index (χ0n) is 8.26. The van der Waals surface area contributed by atoms with E-state index in [2.05, 4.69) is 16.7 Å². The minimum absolute atomic E-state index is 0.0271. The van der Waals surface area contributed by atoms with Crippen LogP contribution in [0.25, 0.3) is 0 Å². The van der Waals surface area contributed by atoms with Gasteiger partial charge in [0.15, 0.2) is 0 Å². The van der Waals surface area contributed by atoms with Gasteiger partial charge in [0.05, 0.1) is 0 Å².